The minimum absolute atomic E-state index is 0.0244. The van der Waals surface area contributed by atoms with Gasteiger partial charge in [-0.05, 0) is 48.5 Å². The van der Waals surface area contributed by atoms with Crippen LogP contribution in [0.2, 0.25) is 0 Å². The summed E-state index contributed by atoms with van der Waals surface area (Å²) in [5.41, 5.74) is 0.615. The Morgan fingerprint density at radius 3 is 2.80 bits per heavy atom. The Morgan fingerprint density at radius 1 is 1.60 bits per heavy atom. The molecule has 110 valence electrons. The van der Waals surface area contributed by atoms with Gasteiger partial charge in [-0.25, -0.2) is 4.98 Å². The number of anilines is 1. The van der Waals surface area contributed by atoms with Crippen molar-refractivity contribution in [3.05, 3.63) is 26.3 Å². The van der Waals surface area contributed by atoms with Gasteiger partial charge in [0.15, 0.2) is 0 Å². The number of halogens is 1. The van der Waals surface area contributed by atoms with Crippen LogP contribution < -0.4 is 4.90 Å². The number of hydrogen-bond donors (Lipinski definition) is 1. The first-order valence-electron chi connectivity index (χ1n) is 6.73. The van der Waals surface area contributed by atoms with Crippen LogP contribution in [0.15, 0.2) is 10.7 Å². The summed E-state index contributed by atoms with van der Waals surface area (Å²) >= 11 is 3.44. The number of nitro groups is 1. The number of aromatic nitrogens is 1. The molecule has 0 unspecified atom stereocenters. The Bertz CT molecular complexity index is 506. The third-order valence-electron chi connectivity index (χ3n) is 3.76. The van der Waals surface area contributed by atoms with Crippen molar-refractivity contribution in [3.8, 4) is 0 Å². The van der Waals surface area contributed by atoms with Crippen molar-refractivity contribution >= 4 is 27.4 Å². The molecule has 0 radical (unpaired) electrons. The second-order valence-electron chi connectivity index (χ2n) is 5.02. The van der Waals surface area contributed by atoms with E-state index in [2.05, 4.69) is 25.8 Å². The quantitative estimate of drug-likeness (QED) is 0.634. The van der Waals surface area contributed by atoms with E-state index in [4.69, 9.17) is 5.11 Å². The number of aliphatic hydroxyl groups excluding tert-OH is 1. The average molecular weight is 344 g/mol. The highest BCUT2D eigenvalue weighted by Crippen LogP contribution is 2.37. The topological polar surface area (TPSA) is 79.5 Å². The Hall–Kier alpha value is -1.21. The lowest BCUT2D eigenvalue weighted by Crippen LogP contribution is -2.42. The normalized spacial score (nSPS) is 14.9. The van der Waals surface area contributed by atoms with Gasteiger partial charge in [-0.15, -0.1) is 0 Å². The van der Waals surface area contributed by atoms with Crippen molar-refractivity contribution in [2.24, 2.45) is 0 Å². The van der Waals surface area contributed by atoms with Gasteiger partial charge in [-0.3, -0.25) is 10.1 Å². The molecule has 0 spiro atoms. The summed E-state index contributed by atoms with van der Waals surface area (Å²) in [7, 11) is 0. The first-order chi connectivity index (χ1) is 9.56. The summed E-state index contributed by atoms with van der Waals surface area (Å²) in [5.74, 6) is 0.742. The van der Waals surface area contributed by atoms with Crippen molar-refractivity contribution in [2.45, 2.75) is 38.6 Å². The predicted octanol–water partition coefficient (Wildman–Crippen LogP) is 2.80. The maximum absolute atomic E-state index is 10.9. The first-order valence-corrected chi connectivity index (χ1v) is 7.52. The molecule has 20 heavy (non-hydrogen) atoms. The van der Waals surface area contributed by atoms with E-state index < -0.39 is 4.92 Å². The number of hydrogen-bond acceptors (Lipinski definition) is 5. The van der Waals surface area contributed by atoms with Crippen LogP contribution in [-0.4, -0.2) is 34.2 Å². The average Bonchev–Trinajstić information content (AvgIpc) is 2.35. The smallest absolute Gasteiger partial charge is 0.291 e. The maximum atomic E-state index is 10.9. The maximum Gasteiger partial charge on any atom is 0.291 e. The molecule has 0 bridgehead atoms. The monoisotopic (exact) mass is 343 g/mol. The molecule has 1 aliphatic carbocycles. The lowest BCUT2D eigenvalue weighted by Gasteiger charge is -2.39. The molecule has 0 aliphatic heterocycles. The summed E-state index contributed by atoms with van der Waals surface area (Å²) in [6.45, 7) is 2.56. The van der Waals surface area contributed by atoms with Gasteiger partial charge in [0.25, 0.3) is 5.69 Å². The molecule has 0 amide bonds. The van der Waals surface area contributed by atoms with Gasteiger partial charge < -0.3 is 10.0 Å². The van der Waals surface area contributed by atoms with Gasteiger partial charge in [0.2, 0.25) is 0 Å². The molecule has 1 saturated carbocycles. The fourth-order valence-corrected chi connectivity index (χ4v) is 2.87. The fraction of sp³-hybridized carbons (Fsp3) is 0.615. The van der Waals surface area contributed by atoms with Crippen molar-refractivity contribution < 1.29 is 10.0 Å². The molecular weight excluding hydrogens is 326 g/mol. The number of aliphatic hydroxyl groups is 1. The molecule has 2 rings (SSSR count). The summed E-state index contributed by atoms with van der Waals surface area (Å²) in [4.78, 5) is 16.9. The third kappa shape index (κ3) is 2.93. The standard InChI is InChI=1S/C13H18BrN3O3/c1-9-11(17(19)20)8-15-13(12(9)14)16(6-3-7-18)10-4-2-5-10/h8,10,18H,2-7H2,1H3. The molecule has 0 saturated heterocycles. The van der Waals surface area contributed by atoms with Gasteiger partial charge >= 0.3 is 0 Å². The highest BCUT2D eigenvalue weighted by molar-refractivity contribution is 9.10. The second-order valence-corrected chi connectivity index (χ2v) is 5.81. The number of nitrogens with zero attached hydrogens (tertiary/aromatic N) is 3. The van der Waals surface area contributed by atoms with E-state index in [0.29, 0.717) is 29.0 Å². The van der Waals surface area contributed by atoms with Gasteiger partial charge in [-0.1, -0.05) is 0 Å². The van der Waals surface area contributed by atoms with Crippen LogP contribution in [0.1, 0.15) is 31.2 Å². The fourth-order valence-electron chi connectivity index (χ4n) is 2.34. The van der Waals surface area contributed by atoms with Crippen molar-refractivity contribution in [1.82, 2.24) is 4.98 Å². The van der Waals surface area contributed by atoms with Crippen LogP contribution in [0.5, 0.6) is 0 Å². The minimum atomic E-state index is -0.418. The predicted molar refractivity (Wildman–Crippen MR) is 80.0 cm³/mol. The van der Waals surface area contributed by atoms with Crippen molar-refractivity contribution in [2.75, 3.05) is 18.1 Å². The molecule has 7 heteroatoms. The summed E-state index contributed by atoms with van der Waals surface area (Å²) in [5, 5.41) is 20.0. The van der Waals surface area contributed by atoms with Gasteiger partial charge in [-0.2, -0.15) is 0 Å². The molecule has 6 nitrogen and oxygen atoms in total. The lowest BCUT2D eigenvalue weighted by molar-refractivity contribution is -0.385. The molecule has 1 heterocycles. The summed E-state index contributed by atoms with van der Waals surface area (Å²) < 4.78 is 0.677. The third-order valence-corrected chi connectivity index (χ3v) is 4.71. The van der Waals surface area contributed by atoms with Crippen LogP contribution in [0.4, 0.5) is 11.5 Å². The van der Waals surface area contributed by atoms with Crippen LogP contribution in [-0.2, 0) is 0 Å². The molecule has 0 atom stereocenters. The van der Waals surface area contributed by atoms with E-state index in [9.17, 15) is 10.1 Å². The summed E-state index contributed by atoms with van der Waals surface area (Å²) in [6.07, 6.45) is 5.40. The summed E-state index contributed by atoms with van der Waals surface area (Å²) in [6, 6.07) is 0.422. The highest BCUT2D eigenvalue weighted by atomic mass is 79.9. The van der Waals surface area contributed by atoms with Crippen LogP contribution in [0.3, 0.4) is 0 Å². The number of rotatable bonds is 6. The first kappa shape index (κ1) is 15.2. The van der Waals surface area contributed by atoms with Crippen molar-refractivity contribution in [3.63, 3.8) is 0 Å². The molecular formula is C13H18BrN3O3. The molecule has 1 N–H and O–H groups in total. The Morgan fingerprint density at radius 2 is 2.30 bits per heavy atom. The van der Waals surface area contributed by atoms with E-state index in [0.717, 1.165) is 18.7 Å². The Labute approximate surface area is 126 Å². The van der Waals surface area contributed by atoms with Crippen LogP contribution in [0, 0.1) is 17.0 Å². The SMILES string of the molecule is Cc1c([N+](=O)[O-])cnc(N(CCCO)C2CCC2)c1Br. The molecule has 1 fully saturated rings. The lowest BCUT2D eigenvalue weighted by atomic mass is 9.91. The van der Waals surface area contributed by atoms with E-state index in [1.165, 1.54) is 12.6 Å². The zero-order valence-electron chi connectivity index (χ0n) is 11.4. The molecule has 1 aliphatic rings. The Balaban J connectivity index is 2.32. The zero-order chi connectivity index (χ0) is 14.7. The van der Waals surface area contributed by atoms with Gasteiger partial charge in [0, 0.05) is 24.8 Å². The van der Waals surface area contributed by atoms with Crippen LogP contribution >= 0.6 is 15.9 Å². The van der Waals surface area contributed by atoms with Crippen molar-refractivity contribution in [1.29, 1.82) is 0 Å². The second kappa shape index (κ2) is 6.49. The highest BCUT2D eigenvalue weighted by Gasteiger charge is 2.29. The molecule has 0 aromatic carbocycles. The number of pyridine rings is 1. The Kier molecular flexibility index (Phi) is 4.93. The van der Waals surface area contributed by atoms with E-state index in [1.807, 2.05) is 0 Å². The van der Waals surface area contributed by atoms with E-state index >= 15 is 0 Å². The molecule has 1 aromatic heterocycles. The van der Waals surface area contributed by atoms with E-state index in [1.54, 1.807) is 6.92 Å². The van der Waals surface area contributed by atoms with Crippen LogP contribution in [0.25, 0.3) is 0 Å². The molecule has 1 aromatic rings. The minimum Gasteiger partial charge on any atom is -0.396 e. The van der Waals surface area contributed by atoms with E-state index in [-0.39, 0.29) is 12.3 Å². The zero-order valence-corrected chi connectivity index (χ0v) is 13.0. The van der Waals surface area contributed by atoms with Gasteiger partial charge in [0.1, 0.15) is 12.0 Å². The van der Waals surface area contributed by atoms with Gasteiger partial charge in [0.05, 0.1) is 9.40 Å². The largest absolute Gasteiger partial charge is 0.396 e.